The molecule has 1 aromatic heterocycles. The number of hydrogen-bond donors (Lipinski definition) is 3. The Morgan fingerprint density at radius 1 is 1.30 bits per heavy atom. The average molecular weight is 421 g/mol. The van der Waals surface area contributed by atoms with E-state index in [-0.39, 0.29) is 11.6 Å². The molecule has 2 aromatic carbocycles. The van der Waals surface area contributed by atoms with E-state index in [4.69, 9.17) is 16.9 Å². The topological polar surface area (TPSA) is 114 Å². The van der Waals surface area contributed by atoms with Gasteiger partial charge in [-0.05, 0) is 42.3 Å². The number of allylic oxidation sites excluding steroid dienone is 1. The Morgan fingerprint density at radius 3 is 2.70 bits per heavy atom. The highest BCUT2D eigenvalue weighted by molar-refractivity contribution is 6.32. The highest BCUT2D eigenvalue weighted by atomic mass is 35.5. The van der Waals surface area contributed by atoms with Crippen molar-refractivity contribution in [3.8, 4) is 11.9 Å². The molecule has 0 saturated heterocycles. The number of hydrogen-bond acceptors (Lipinski definition) is 5. The van der Waals surface area contributed by atoms with Gasteiger partial charge in [-0.2, -0.15) is 5.26 Å². The lowest BCUT2D eigenvalue weighted by atomic mass is 10.0. The molecule has 0 spiro atoms. The fraction of sp³-hybridized carbons (Fsp3) is 0.136. The summed E-state index contributed by atoms with van der Waals surface area (Å²) >= 11 is 6.15. The lowest BCUT2D eigenvalue weighted by molar-refractivity contribution is 0.237. The van der Waals surface area contributed by atoms with Gasteiger partial charge in [-0.15, -0.1) is 0 Å². The minimum absolute atomic E-state index is 0.203. The van der Waals surface area contributed by atoms with Gasteiger partial charge in [0.1, 0.15) is 5.69 Å². The number of imidazole rings is 1. The molecule has 0 saturated carbocycles. The van der Waals surface area contributed by atoms with Crippen molar-refractivity contribution in [3.05, 3.63) is 79.9 Å². The first kappa shape index (κ1) is 19.7. The van der Waals surface area contributed by atoms with Crippen molar-refractivity contribution >= 4 is 35.2 Å². The van der Waals surface area contributed by atoms with Crippen LogP contribution in [0.15, 0.2) is 46.2 Å². The Labute approximate surface area is 176 Å². The predicted octanol–water partition coefficient (Wildman–Crippen LogP) is 3.55. The van der Waals surface area contributed by atoms with Crippen LogP contribution < -0.4 is 5.69 Å². The summed E-state index contributed by atoms with van der Waals surface area (Å²) in [6.45, 7) is 1.47. The van der Waals surface area contributed by atoms with E-state index >= 15 is 0 Å². The Balaban J connectivity index is 1.76. The monoisotopic (exact) mass is 420 g/mol. The van der Waals surface area contributed by atoms with Gasteiger partial charge in [0.2, 0.25) is 5.88 Å². The first-order chi connectivity index (χ1) is 14.4. The van der Waals surface area contributed by atoms with Crippen LogP contribution in [0, 0.1) is 18.3 Å². The number of aliphatic imine (C=N–C) groups is 1. The van der Waals surface area contributed by atoms with Gasteiger partial charge < -0.3 is 15.2 Å². The third-order valence-corrected chi connectivity index (χ3v) is 5.56. The second-order valence-corrected chi connectivity index (χ2v) is 7.30. The molecular weight excluding hydrogens is 404 g/mol. The molecule has 8 heteroatoms. The van der Waals surface area contributed by atoms with Gasteiger partial charge in [-0.25, -0.2) is 4.79 Å². The van der Waals surface area contributed by atoms with Crippen LogP contribution in [0.3, 0.4) is 0 Å². The Morgan fingerprint density at radius 2 is 2.03 bits per heavy atom. The molecule has 1 atom stereocenters. The molecule has 0 fully saturated rings. The number of benzene rings is 2. The zero-order chi connectivity index (χ0) is 21.4. The third kappa shape index (κ3) is 3.22. The molecule has 1 aliphatic rings. The average Bonchev–Trinajstić information content (AvgIpc) is 3.28. The Hall–Kier alpha value is -3.60. The third-order valence-electron chi connectivity index (χ3n) is 5.15. The zero-order valence-corrected chi connectivity index (χ0v) is 16.7. The summed E-state index contributed by atoms with van der Waals surface area (Å²) in [5.41, 5.74) is 3.85. The van der Waals surface area contributed by atoms with Crippen LogP contribution in [0.4, 0.5) is 5.69 Å². The molecule has 3 N–H and O–H groups in total. The van der Waals surface area contributed by atoms with Gasteiger partial charge in [0, 0.05) is 22.4 Å². The van der Waals surface area contributed by atoms with E-state index < -0.39 is 18.3 Å². The number of halogens is 1. The summed E-state index contributed by atoms with van der Waals surface area (Å²) in [4.78, 5) is 19.6. The van der Waals surface area contributed by atoms with Gasteiger partial charge >= 0.3 is 5.69 Å². The highest BCUT2D eigenvalue weighted by Gasteiger charge is 2.23. The van der Waals surface area contributed by atoms with Crippen molar-refractivity contribution in [2.75, 3.05) is 6.61 Å². The van der Waals surface area contributed by atoms with Crippen LogP contribution in [0.1, 0.15) is 34.0 Å². The fourth-order valence-electron chi connectivity index (χ4n) is 3.51. The van der Waals surface area contributed by atoms with Crippen molar-refractivity contribution in [1.29, 1.82) is 5.26 Å². The fourth-order valence-corrected chi connectivity index (χ4v) is 3.66. The van der Waals surface area contributed by atoms with Crippen LogP contribution in [-0.4, -0.2) is 32.6 Å². The standard InChI is InChI=1S/C22H17ClN4O3/c1-12-17(23)7-6-16-15(10-25-20(12)16)8-18-21(29)27(22(30)26-18)19(11-28)14-4-2-13(9-24)3-5-14/h2-8,10,19,28-29H,11H2,1H3,(H,26,30)/t19-/m0/s1. The number of nitrogens with one attached hydrogen (secondary N) is 1. The molecule has 7 nitrogen and oxygen atoms in total. The second-order valence-electron chi connectivity index (χ2n) is 6.90. The maximum absolute atomic E-state index is 12.6. The summed E-state index contributed by atoms with van der Waals surface area (Å²) in [5.74, 6) is -0.302. The Bertz CT molecular complexity index is 1290. The second kappa shape index (κ2) is 7.67. The lowest BCUT2D eigenvalue weighted by Crippen LogP contribution is -2.25. The van der Waals surface area contributed by atoms with Gasteiger partial charge in [-0.3, -0.25) is 9.56 Å². The maximum atomic E-state index is 12.6. The first-order valence-corrected chi connectivity index (χ1v) is 9.52. The first-order valence-electron chi connectivity index (χ1n) is 9.14. The van der Waals surface area contributed by atoms with Crippen molar-refractivity contribution in [3.63, 3.8) is 0 Å². The van der Waals surface area contributed by atoms with Crippen molar-refractivity contribution in [2.45, 2.75) is 13.0 Å². The van der Waals surface area contributed by atoms with Crippen molar-refractivity contribution < 1.29 is 10.2 Å². The minimum Gasteiger partial charge on any atom is -0.493 e. The molecule has 2 heterocycles. The number of rotatable bonds is 4. The highest BCUT2D eigenvalue weighted by Crippen LogP contribution is 2.39. The van der Waals surface area contributed by atoms with E-state index in [1.54, 1.807) is 42.6 Å². The normalized spacial score (nSPS) is 14.7. The summed E-state index contributed by atoms with van der Waals surface area (Å²) in [6, 6.07) is 11.3. The van der Waals surface area contributed by atoms with Gasteiger partial charge in [0.05, 0.1) is 30.0 Å². The number of nitriles is 1. The van der Waals surface area contributed by atoms with E-state index in [1.807, 2.05) is 19.1 Å². The van der Waals surface area contributed by atoms with Crippen LogP contribution in [0.5, 0.6) is 5.88 Å². The summed E-state index contributed by atoms with van der Waals surface area (Å²) < 4.78 is 1.09. The SMILES string of the molecule is Cc1c(Cl)ccc2c1N=CC2=Cc1[nH]c(=O)n([C@@H](CO)c2ccc(C#N)cc2)c1O. The van der Waals surface area contributed by atoms with E-state index in [2.05, 4.69) is 9.98 Å². The number of H-pyrrole nitrogens is 1. The van der Waals surface area contributed by atoms with E-state index in [9.17, 15) is 15.0 Å². The van der Waals surface area contributed by atoms with E-state index in [1.165, 1.54) is 0 Å². The van der Waals surface area contributed by atoms with Crippen LogP contribution in [0.25, 0.3) is 11.6 Å². The number of aromatic amines is 1. The number of fused-ring (bicyclic) bond motifs is 1. The molecule has 4 rings (SSSR count). The predicted molar refractivity (Wildman–Crippen MR) is 115 cm³/mol. The van der Waals surface area contributed by atoms with Gasteiger partial charge in [0.25, 0.3) is 0 Å². The summed E-state index contributed by atoms with van der Waals surface area (Å²) in [7, 11) is 0. The van der Waals surface area contributed by atoms with Crippen LogP contribution in [0.2, 0.25) is 5.02 Å². The molecule has 0 aliphatic carbocycles. The van der Waals surface area contributed by atoms with Crippen molar-refractivity contribution in [2.24, 2.45) is 4.99 Å². The zero-order valence-electron chi connectivity index (χ0n) is 15.9. The molecule has 3 aromatic rings. The lowest BCUT2D eigenvalue weighted by Gasteiger charge is -2.16. The van der Waals surface area contributed by atoms with Crippen molar-refractivity contribution in [1.82, 2.24) is 9.55 Å². The molecule has 30 heavy (non-hydrogen) atoms. The summed E-state index contributed by atoms with van der Waals surface area (Å²) in [6.07, 6.45) is 3.27. The quantitative estimate of drug-likeness (QED) is 0.598. The maximum Gasteiger partial charge on any atom is 0.329 e. The number of nitrogens with zero attached hydrogens (tertiary/aromatic N) is 3. The van der Waals surface area contributed by atoms with E-state index in [0.29, 0.717) is 21.7 Å². The molecule has 0 unspecified atom stereocenters. The largest absolute Gasteiger partial charge is 0.493 e. The molecule has 1 aliphatic heterocycles. The van der Waals surface area contributed by atoms with Crippen LogP contribution >= 0.6 is 11.6 Å². The Kier molecular flexibility index (Phi) is 5.04. The van der Waals surface area contributed by atoms with Gasteiger partial charge in [-0.1, -0.05) is 29.8 Å². The molecule has 0 amide bonds. The molecule has 0 bridgehead atoms. The van der Waals surface area contributed by atoms with E-state index in [0.717, 1.165) is 21.4 Å². The molecule has 0 radical (unpaired) electrons. The van der Waals surface area contributed by atoms with Gasteiger partial charge in [0.15, 0.2) is 0 Å². The number of aromatic hydroxyl groups is 1. The molecule has 150 valence electrons. The summed E-state index contributed by atoms with van der Waals surface area (Å²) in [5, 5.41) is 30.2. The molecular formula is C22H17ClN4O3. The van der Waals surface area contributed by atoms with Crippen LogP contribution in [-0.2, 0) is 0 Å². The minimum atomic E-state index is -0.806. The number of aliphatic hydroxyl groups excluding tert-OH is 1. The smallest absolute Gasteiger partial charge is 0.329 e. The number of aliphatic hydroxyl groups is 1. The number of aromatic nitrogens is 2.